The van der Waals surface area contributed by atoms with Gasteiger partial charge in [0.05, 0.1) is 0 Å². The summed E-state index contributed by atoms with van der Waals surface area (Å²) in [7, 11) is 0. The van der Waals surface area contributed by atoms with Crippen LogP contribution in [-0.4, -0.2) is 24.5 Å². The molecule has 1 nitrogen and oxygen atoms in total. The van der Waals surface area contributed by atoms with Gasteiger partial charge in [0.15, 0.2) is 5.98 Å². The highest BCUT2D eigenvalue weighted by Gasteiger charge is 2.01. The molecule has 0 aromatic carbocycles. The molecular weight excluding hydrogens is 295 g/mol. The van der Waals surface area contributed by atoms with Crippen molar-refractivity contribution in [2.75, 3.05) is 19.6 Å². The van der Waals surface area contributed by atoms with E-state index in [-0.39, 0.29) is 0 Å². The van der Waals surface area contributed by atoms with Gasteiger partial charge in [0.1, 0.15) is 0 Å². The SMILES string of the molecule is CCCCN(CCCC)CCCC.ClP(Cl)Cl. The second kappa shape index (κ2) is 17.3. The van der Waals surface area contributed by atoms with Crippen LogP contribution in [0.3, 0.4) is 0 Å². The van der Waals surface area contributed by atoms with Crippen LogP contribution in [0.25, 0.3) is 0 Å². The zero-order chi connectivity index (χ0) is 13.5. The molecular formula is C12H27Cl3NP. The second-order valence-corrected chi connectivity index (χ2v) is 9.08. The molecule has 0 aliphatic heterocycles. The maximum absolute atomic E-state index is 4.87. The van der Waals surface area contributed by atoms with E-state index in [4.69, 9.17) is 33.7 Å². The van der Waals surface area contributed by atoms with Gasteiger partial charge in [-0.25, -0.2) is 0 Å². The van der Waals surface area contributed by atoms with Gasteiger partial charge in [0, 0.05) is 0 Å². The Bertz CT molecular complexity index is 115. The Labute approximate surface area is 123 Å². The summed E-state index contributed by atoms with van der Waals surface area (Å²) in [5.41, 5.74) is 0. The molecule has 0 heterocycles. The van der Waals surface area contributed by atoms with Crippen molar-refractivity contribution in [2.24, 2.45) is 0 Å². The van der Waals surface area contributed by atoms with Crippen LogP contribution in [0, 0.1) is 0 Å². The van der Waals surface area contributed by atoms with E-state index in [0.717, 1.165) is 0 Å². The van der Waals surface area contributed by atoms with E-state index < -0.39 is 5.98 Å². The van der Waals surface area contributed by atoms with Crippen LogP contribution >= 0.6 is 39.7 Å². The predicted octanol–water partition coefficient (Wildman–Crippen LogP) is 6.62. The van der Waals surface area contributed by atoms with Crippen LogP contribution in [0.1, 0.15) is 59.3 Å². The molecule has 0 spiro atoms. The molecule has 0 unspecified atom stereocenters. The Morgan fingerprint density at radius 3 is 1.12 bits per heavy atom. The fraction of sp³-hybridized carbons (Fsp3) is 1.00. The molecule has 0 aromatic rings. The number of hydrogen-bond donors (Lipinski definition) is 0. The lowest BCUT2D eigenvalue weighted by atomic mass is 10.2. The minimum Gasteiger partial charge on any atom is -0.303 e. The van der Waals surface area contributed by atoms with Crippen LogP contribution in [-0.2, 0) is 0 Å². The predicted molar refractivity (Wildman–Crippen MR) is 85.6 cm³/mol. The molecule has 5 heteroatoms. The topological polar surface area (TPSA) is 3.24 Å². The van der Waals surface area contributed by atoms with Crippen LogP contribution in [0.4, 0.5) is 0 Å². The molecule has 0 fully saturated rings. The molecule has 0 saturated heterocycles. The minimum absolute atomic E-state index is 1.20. The van der Waals surface area contributed by atoms with Gasteiger partial charge in [-0.2, -0.15) is 0 Å². The fourth-order valence-electron chi connectivity index (χ4n) is 1.48. The monoisotopic (exact) mass is 321 g/mol. The summed E-state index contributed by atoms with van der Waals surface area (Å²) in [6.45, 7) is 10.8. The molecule has 0 rings (SSSR count). The summed E-state index contributed by atoms with van der Waals surface area (Å²) < 4.78 is 0. The van der Waals surface area contributed by atoms with Gasteiger partial charge in [-0.05, 0) is 38.9 Å². The van der Waals surface area contributed by atoms with E-state index >= 15 is 0 Å². The summed E-state index contributed by atoms with van der Waals surface area (Å²) in [5, 5.41) is 0. The van der Waals surface area contributed by atoms with Gasteiger partial charge in [0.2, 0.25) is 0 Å². The summed E-state index contributed by atoms with van der Waals surface area (Å²) >= 11 is 14.6. The average Bonchev–Trinajstić information content (AvgIpc) is 2.27. The van der Waals surface area contributed by atoms with E-state index in [9.17, 15) is 0 Å². The number of nitrogens with zero attached hydrogens (tertiary/aromatic N) is 1. The average molecular weight is 323 g/mol. The molecule has 0 aromatic heterocycles. The Hall–Kier alpha value is 1.26. The minimum atomic E-state index is -1.20. The van der Waals surface area contributed by atoms with Gasteiger partial charge in [-0.1, -0.05) is 73.8 Å². The van der Waals surface area contributed by atoms with Crippen molar-refractivity contribution in [1.29, 1.82) is 0 Å². The Morgan fingerprint density at radius 1 is 0.706 bits per heavy atom. The second-order valence-electron chi connectivity index (χ2n) is 4.09. The lowest BCUT2D eigenvalue weighted by Gasteiger charge is -2.21. The highest BCUT2D eigenvalue weighted by Crippen LogP contribution is 2.51. The van der Waals surface area contributed by atoms with Crippen molar-refractivity contribution in [2.45, 2.75) is 59.3 Å². The fourth-order valence-corrected chi connectivity index (χ4v) is 1.48. The normalized spacial score (nSPS) is 10.6. The van der Waals surface area contributed by atoms with Crippen molar-refractivity contribution in [3.05, 3.63) is 0 Å². The van der Waals surface area contributed by atoms with Crippen molar-refractivity contribution in [3.63, 3.8) is 0 Å². The smallest absolute Gasteiger partial charge is 0.179 e. The third kappa shape index (κ3) is 22.9. The number of halogens is 3. The molecule has 0 saturated carbocycles. The van der Waals surface area contributed by atoms with Crippen LogP contribution in [0.15, 0.2) is 0 Å². The largest absolute Gasteiger partial charge is 0.303 e. The van der Waals surface area contributed by atoms with Crippen LogP contribution in [0.2, 0.25) is 0 Å². The van der Waals surface area contributed by atoms with E-state index in [2.05, 4.69) is 25.7 Å². The number of rotatable bonds is 9. The molecule has 106 valence electrons. The van der Waals surface area contributed by atoms with Gasteiger partial charge in [-0.15, -0.1) is 0 Å². The van der Waals surface area contributed by atoms with E-state index in [1.807, 2.05) is 0 Å². The van der Waals surface area contributed by atoms with Crippen molar-refractivity contribution >= 4 is 39.7 Å². The molecule has 0 bridgehead atoms. The van der Waals surface area contributed by atoms with Crippen molar-refractivity contribution < 1.29 is 0 Å². The lowest BCUT2D eigenvalue weighted by molar-refractivity contribution is 0.261. The first-order valence-electron chi connectivity index (χ1n) is 6.58. The summed E-state index contributed by atoms with van der Waals surface area (Å²) in [5.74, 6) is -1.20. The maximum Gasteiger partial charge on any atom is 0.179 e. The van der Waals surface area contributed by atoms with Crippen molar-refractivity contribution in [1.82, 2.24) is 4.90 Å². The highest BCUT2D eigenvalue weighted by molar-refractivity contribution is 8.20. The van der Waals surface area contributed by atoms with Gasteiger partial charge in [-0.3, -0.25) is 0 Å². The zero-order valence-corrected chi connectivity index (χ0v) is 14.6. The highest BCUT2D eigenvalue weighted by atomic mass is 36.0. The van der Waals surface area contributed by atoms with Crippen LogP contribution < -0.4 is 0 Å². The Kier molecular flexibility index (Phi) is 20.9. The summed E-state index contributed by atoms with van der Waals surface area (Å²) in [4.78, 5) is 2.64. The van der Waals surface area contributed by atoms with Crippen molar-refractivity contribution in [3.8, 4) is 0 Å². The molecule has 0 N–H and O–H groups in total. The first kappa shape index (κ1) is 20.6. The first-order valence-corrected chi connectivity index (χ1v) is 10.6. The first-order chi connectivity index (χ1) is 8.08. The van der Waals surface area contributed by atoms with Gasteiger partial charge >= 0.3 is 0 Å². The molecule has 0 aliphatic rings. The lowest BCUT2D eigenvalue weighted by Crippen LogP contribution is -2.27. The third-order valence-corrected chi connectivity index (χ3v) is 2.48. The van der Waals surface area contributed by atoms with E-state index in [1.165, 1.54) is 58.2 Å². The Morgan fingerprint density at radius 2 is 0.941 bits per heavy atom. The molecule has 0 atom stereocenters. The third-order valence-electron chi connectivity index (χ3n) is 2.48. The molecule has 0 aliphatic carbocycles. The summed E-state index contributed by atoms with van der Waals surface area (Å²) in [6.07, 6.45) is 8.09. The number of unbranched alkanes of at least 4 members (excludes halogenated alkanes) is 3. The number of hydrogen-bond acceptors (Lipinski definition) is 1. The zero-order valence-electron chi connectivity index (χ0n) is 11.4. The maximum atomic E-state index is 4.87. The summed E-state index contributed by atoms with van der Waals surface area (Å²) in [6, 6.07) is 0. The van der Waals surface area contributed by atoms with E-state index in [0.29, 0.717) is 0 Å². The quantitative estimate of drug-likeness (QED) is 0.431. The molecule has 0 radical (unpaired) electrons. The Balaban J connectivity index is 0. The van der Waals surface area contributed by atoms with E-state index in [1.54, 1.807) is 0 Å². The van der Waals surface area contributed by atoms with Gasteiger partial charge < -0.3 is 4.90 Å². The molecule has 0 amide bonds. The van der Waals surface area contributed by atoms with Crippen LogP contribution in [0.5, 0.6) is 0 Å². The van der Waals surface area contributed by atoms with Gasteiger partial charge in [0.25, 0.3) is 0 Å². The standard InChI is InChI=1S/C12H27N.Cl3P/c1-4-7-10-13(11-8-5-2)12-9-6-3;1-4(2)3/h4-12H2,1-3H3;. The molecule has 17 heavy (non-hydrogen) atoms.